The minimum atomic E-state index is -1.01. The van der Waals surface area contributed by atoms with Crippen molar-refractivity contribution < 1.29 is 14.6 Å². The third kappa shape index (κ3) is 3.42. The monoisotopic (exact) mass is 347 g/mol. The third-order valence-electron chi connectivity index (χ3n) is 4.68. The Kier molecular flexibility index (Phi) is 4.15. The van der Waals surface area contributed by atoms with E-state index in [0.717, 1.165) is 16.6 Å². The average molecular weight is 347 g/mol. The van der Waals surface area contributed by atoms with E-state index < -0.39 is 11.2 Å². The van der Waals surface area contributed by atoms with Gasteiger partial charge in [0.15, 0.2) is 0 Å². The summed E-state index contributed by atoms with van der Waals surface area (Å²) in [5.74, 6) is 0. The van der Waals surface area contributed by atoms with E-state index in [1.54, 1.807) is 11.9 Å². The smallest absolute Gasteiger partial charge is 0.410 e. The molecule has 1 aliphatic heterocycles. The summed E-state index contributed by atoms with van der Waals surface area (Å²) in [7, 11) is 1.69. The van der Waals surface area contributed by atoms with Gasteiger partial charge in [-0.15, -0.1) is 0 Å². The number of hydrogen-bond donors (Lipinski definition) is 2. The zero-order valence-electron chi connectivity index (χ0n) is 15.1. The minimum absolute atomic E-state index is 0.182. The van der Waals surface area contributed by atoms with Gasteiger partial charge in [-0.05, 0) is 51.3 Å². The molecular formula is C18H25N3O4. The number of H-pyrrole nitrogens is 1. The Morgan fingerprint density at radius 2 is 1.92 bits per heavy atom. The van der Waals surface area contributed by atoms with Crippen LogP contribution in [0.5, 0.6) is 0 Å². The fourth-order valence-corrected chi connectivity index (χ4v) is 3.19. The maximum atomic E-state index is 12.2. The molecule has 2 heterocycles. The second-order valence-corrected chi connectivity index (χ2v) is 7.72. The maximum Gasteiger partial charge on any atom is 0.410 e. The lowest BCUT2D eigenvalue weighted by molar-refractivity contribution is -0.0355. The molecule has 1 saturated heterocycles. The van der Waals surface area contributed by atoms with Gasteiger partial charge in [0.05, 0.1) is 16.6 Å². The summed E-state index contributed by atoms with van der Waals surface area (Å²) >= 11 is 0. The number of imidazole rings is 1. The highest BCUT2D eigenvalue weighted by molar-refractivity contribution is 5.76. The van der Waals surface area contributed by atoms with Crippen LogP contribution in [0.2, 0.25) is 0 Å². The van der Waals surface area contributed by atoms with Crippen LogP contribution in [0.25, 0.3) is 11.0 Å². The van der Waals surface area contributed by atoms with Crippen molar-refractivity contribution in [1.82, 2.24) is 14.5 Å². The van der Waals surface area contributed by atoms with Gasteiger partial charge in [-0.1, -0.05) is 6.07 Å². The number of rotatable bonds is 1. The van der Waals surface area contributed by atoms with Crippen LogP contribution >= 0.6 is 0 Å². The van der Waals surface area contributed by atoms with E-state index in [1.165, 1.54) is 4.57 Å². The summed E-state index contributed by atoms with van der Waals surface area (Å²) in [6, 6.07) is 5.49. The molecule has 25 heavy (non-hydrogen) atoms. The number of likely N-dealkylation sites (tertiary alicyclic amines) is 1. The third-order valence-corrected chi connectivity index (χ3v) is 4.68. The predicted molar refractivity (Wildman–Crippen MR) is 94.5 cm³/mol. The van der Waals surface area contributed by atoms with Crippen LogP contribution in [-0.4, -0.2) is 44.3 Å². The van der Waals surface area contributed by atoms with Crippen LogP contribution in [0.4, 0.5) is 4.79 Å². The summed E-state index contributed by atoms with van der Waals surface area (Å²) in [6.07, 6.45) is 0.504. The van der Waals surface area contributed by atoms with Crippen LogP contribution in [0.1, 0.15) is 39.2 Å². The van der Waals surface area contributed by atoms with Gasteiger partial charge in [-0.3, -0.25) is 4.57 Å². The molecule has 1 aromatic carbocycles. The largest absolute Gasteiger partial charge is 0.444 e. The first kappa shape index (κ1) is 17.5. The van der Waals surface area contributed by atoms with Gasteiger partial charge in [0, 0.05) is 20.1 Å². The van der Waals surface area contributed by atoms with Crippen molar-refractivity contribution in [2.75, 3.05) is 13.1 Å². The number of aryl methyl sites for hydroxylation is 1. The summed E-state index contributed by atoms with van der Waals surface area (Å²) in [5, 5.41) is 11.1. The van der Waals surface area contributed by atoms with E-state index in [0.29, 0.717) is 25.9 Å². The van der Waals surface area contributed by atoms with E-state index in [9.17, 15) is 14.7 Å². The van der Waals surface area contributed by atoms with E-state index in [4.69, 9.17) is 4.74 Å². The van der Waals surface area contributed by atoms with E-state index in [-0.39, 0.29) is 11.8 Å². The molecular weight excluding hydrogens is 322 g/mol. The predicted octanol–water partition coefficient (Wildman–Crippen LogP) is 2.09. The second kappa shape index (κ2) is 5.91. The first-order valence-corrected chi connectivity index (χ1v) is 8.49. The highest BCUT2D eigenvalue weighted by Crippen LogP contribution is 2.34. The molecule has 3 rings (SSSR count). The molecule has 2 N–H and O–H groups in total. The lowest BCUT2D eigenvalue weighted by Crippen LogP contribution is -2.46. The van der Waals surface area contributed by atoms with Gasteiger partial charge in [0.25, 0.3) is 0 Å². The van der Waals surface area contributed by atoms with E-state index >= 15 is 0 Å². The number of carbonyl (C=O) groups is 1. The van der Waals surface area contributed by atoms with Gasteiger partial charge in [-0.25, -0.2) is 9.59 Å². The average Bonchev–Trinajstić information content (AvgIpc) is 2.81. The second-order valence-electron chi connectivity index (χ2n) is 7.72. The van der Waals surface area contributed by atoms with Gasteiger partial charge in [0.1, 0.15) is 5.60 Å². The molecule has 0 unspecified atom stereocenters. The quantitative estimate of drug-likeness (QED) is 0.827. The van der Waals surface area contributed by atoms with Crippen molar-refractivity contribution in [3.63, 3.8) is 0 Å². The zero-order valence-corrected chi connectivity index (χ0v) is 15.1. The van der Waals surface area contributed by atoms with E-state index in [1.807, 2.05) is 39.0 Å². The number of piperidine rings is 1. The van der Waals surface area contributed by atoms with Crippen molar-refractivity contribution in [1.29, 1.82) is 0 Å². The summed E-state index contributed by atoms with van der Waals surface area (Å²) in [5.41, 5.74) is 0.531. The van der Waals surface area contributed by atoms with Gasteiger partial charge in [0.2, 0.25) is 0 Å². The van der Waals surface area contributed by atoms with Crippen molar-refractivity contribution in [3.8, 4) is 0 Å². The molecule has 0 spiro atoms. The molecule has 0 bridgehead atoms. The molecule has 7 heteroatoms. The molecule has 1 fully saturated rings. The number of fused-ring (bicyclic) bond motifs is 1. The molecule has 136 valence electrons. The Bertz CT molecular complexity index is 851. The molecule has 1 aliphatic rings. The highest BCUT2D eigenvalue weighted by atomic mass is 16.6. The first-order chi connectivity index (χ1) is 11.6. The minimum Gasteiger partial charge on any atom is -0.444 e. The molecule has 0 atom stereocenters. The van der Waals surface area contributed by atoms with Gasteiger partial charge in [-0.2, -0.15) is 0 Å². The standard InChI is InChI=1S/C18H25N3O4/c1-17(2,3)25-16(23)21-9-7-18(24,8-10-21)12-5-6-13-14(11-12)20(4)15(22)19-13/h5-6,11,24H,7-10H2,1-4H3,(H,19,22). The van der Waals surface area contributed by atoms with Crippen LogP contribution in [0, 0.1) is 0 Å². The molecule has 1 aromatic heterocycles. The Hall–Kier alpha value is -2.28. The van der Waals surface area contributed by atoms with Crippen molar-refractivity contribution >= 4 is 17.1 Å². The number of aliphatic hydroxyl groups is 1. The molecule has 0 aliphatic carbocycles. The van der Waals surface area contributed by atoms with Crippen LogP contribution in [-0.2, 0) is 17.4 Å². The van der Waals surface area contributed by atoms with Gasteiger partial charge >= 0.3 is 11.8 Å². The molecule has 0 radical (unpaired) electrons. The summed E-state index contributed by atoms with van der Waals surface area (Å²) in [4.78, 5) is 28.3. The summed E-state index contributed by atoms with van der Waals surface area (Å²) < 4.78 is 6.92. The van der Waals surface area contributed by atoms with Crippen molar-refractivity contribution in [2.24, 2.45) is 7.05 Å². The Balaban J connectivity index is 1.77. The van der Waals surface area contributed by atoms with E-state index in [2.05, 4.69) is 4.98 Å². The Morgan fingerprint density at radius 3 is 2.52 bits per heavy atom. The number of nitrogens with one attached hydrogen (secondary N) is 1. The number of amides is 1. The maximum absolute atomic E-state index is 12.2. The Morgan fingerprint density at radius 1 is 1.28 bits per heavy atom. The van der Waals surface area contributed by atoms with Crippen LogP contribution in [0.15, 0.2) is 23.0 Å². The fraction of sp³-hybridized carbons (Fsp3) is 0.556. The number of aromatic amines is 1. The Labute approximate surface area is 146 Å². The number of hydrogen-bond acceptors (Lipinski definition) is 4. The topological polar surface area (TPSA) is 87.6 Å². The lowest BCUT2D eigenvalue weighted by Gasteiger charge is -2.39. The number of aromatic nitrogens is 2. The molecule has 0 saturated carbocycles. The first-order valence-electron chi connectivity index (χ1n) is 8.49. The van der Waals surface area contributed by atoms with Crippen molar-refractivity contribution in [2.45, 2.75) is 44.8 Å². The summed E-state index contributed by atoms with van der Waals surface area (Å²) in [6.45, 7) is 6.36. The molecule has 2 aromatic rings. The SMILES string of the molecule is Cn1c(=O)[nH]c2ccc(C3(O)CCN(C(=O)OC(C)(C)C)CC3)cc21. The molecule has 1 amide bonds. The van der Waals surface area contributed by atoms with Crippen LogP contribution in [0.3, 0.4) is 0 Å². The fourth-order valence-electron chi connectivity index (χ4n) is 3.19. The number of ether oxygens (including phenoxy) is 1. The zero-order chi connectivity index (χ0) is 18.4. The number of nitrogens with zero attached hydrogens (tertiary/aromatic N) is 2. The highest BCUT2D eigenvalue weighted by Gasteiger charge is 2.37. The molecule has 7 nitrogen and oxygen atoms in total. The number of benzene rings is 1. The van der Waals surface area contributed by atoms with Crippen molar-refractivity contribution in [3.05, 3.63) is 34.2 Å². The normalized spacial score (nSPS) is 17.7. The lowest BCUT2D eigenvalue weighted by atomic mass is 9.84. The number of carbonyl (C=O) groups excluding carboxylic acids is 1. The van der Waals surface area contributed by atoms with Crippen LogP contribution < -0.4 is 5.69 Å². The van der Waals surface area contributed by atoms with Gasteiger partial charge < -0.3 is 19.7 Å².